The number of para-hydroxylation sites is 2. The molecule has 0 spiro atoms. The highest BCUT2D eigenvalue weighted by atomic mass is 19.1. The van der Waals surface area contributed by atoms with Gasteiger partial charge in [-0.1, -0.05) is 36.4 Å². The highest BCUT2D eigenvalue weighted by Crippen LogP contribution is 2.49. The van der Waals surface area contributed by atoms with Crippen LogP contribution in [0, 0.1) is 0 Å². The Morgan fingerprint density at radius 3 is 2.23 bits per heavy atom. The van der Waals surface area contributed by atoms with Crippen LogP contribution in [-0.2, 0) is 15.2 Å². The van der Waals surface area contributed by atoms with E-state index in [0.717, 1.165) is 4.90 Å². The van der Waals surface area contributed by atoms with Gasteiger partial charge in [-0.2, -0.15) is 0 Å². The second-order valence-corrected chi connectivity index (χ2v) is 7.00. The third-order valence-corrected chi connectivity index (χ3v) is 4.07. The Kier molecular flexibility index (Phi) is 4.22. The lowest BCUT2D eigenvalue weighted by atomic mass is 9.88. The van der Waals surface area contributed by atoms with Gasteiger partial charge in [0.15, 0.2) is 0 Å². The van der Waals surface area contributed by atoms with Crippen LogP contribution >= 0.6 is 0 Å². The summed E-state index contributed by atoms with van der Waals surface area (Å²) < 4.78 is 26.8. The number of halogens is 1. The van der Waals surface area contributed by atoms with Crippen molar-refractivity contribution >= 4 is 17.7 Å². The molecule has 136 valence electrons. The predicted molar refractivity (Wildman–Crippen MR) is 95.0 cm³/mol. The monoisotopic (exact) mass is 357 g/mol. The molecule has 0 radical (unpaired) electrons. The van der Waals surface area contributed by atoms with E-state index in [4.69, 9.17) is 9.47 Å². The molecular formula is C20H20FNO4. The van der Waals surface area contributed by atoms with E-state index in [0.29, 0.717) is 0 Å². The van der Waals surface area contributed by atoms with Crippen molar-refractivity contribution < 1.29 is 23.5 Å². The topological polar surface area (TPSA) is 55.8 Å². The third-order valence-electron chi connectivity index (χ3n) is 4.07. The summed E-state index contributed by atoms with van der Waals surface area (Å²) in [5.74, 6) is -0.790. The number of ether oxygens (including phenoxy) is 2. The van der Waals surface area contributed by atoms with Crippen LogP contribution < -0.4 is 9.64 Å². The first kappa shape index (κ1) is 17.9. The molecule has 0 aliphatic carbocycles. The van der Waals surface area contributed by atoms with Crippen molar-refractivity contribution in [2.24, 2.45) is 0 Å². The van der Waals surface area contributed by atoms with E-state index in [2.05, 4.69) is 0 Å². The molecule has 2 amide bonds. The molecule has 0 saturated heterocycles. The van der Waals surface area contributed by atoms with Gasteiger partial charge >= 0.3 is 6.09 Å². The average Bonchev–Trinajstić information content (AvgIpc) is 2.82. The Morgan fingerprint density at radius 2 is 1.62 bits per heavy atom. The Bertz CT molecular complexity index is 874. The van der Waals surface area contributed by atoms with E-state index in [1.54, 1.807) is 51.1 Å². The largest absolute Gasteiger partial charge is 0.496 e. The number of hydrogen-bond donors (Lipinski definition) is 0. The van der Waals surface area contributed by atoms with Gasteiger partial charge < -0.3 is 9.47 Å². The maximum atomic E-state index is 16.2. The number of hydrogen-bond acceptors (Lipinski definition) is 4. The van der Waals surface area contributed by atoms with Gasteiger partial charge in [-0.25, -0.2) is 14.1 Å². The van der Waals surface area contributed by atoms with Crippen LogP contribution in [0.1, 0.15) is 31.9 Å². The summed E-state index contributed by atoms with van der Waals surface area (Å²) in [5.41, 5.74) is -3.06. The van der Waals surface area contributed by atoms with Gasteiger partial charge in [-0.3, -0.25) is 4.79 Å². The van der Waals surface area contributed by atoms with Crippen molar-refractivity contribution in [1.82, 2.24) is 0 Å². The number of imide groups is 1. The second kappa shape index (κ2) is 6.12. The van der Waals surface area contributed by atoms with Gasteiger partial charge in [0.1, 0.15) is 11.4 Å². The van der Waals surface area contributed by atoms with E-state index in [-0.39, 0.29) is 22.6 Å². The number of alkyl halides is 1. The third kappa shape index (κ3) is 2.71. The summed E-state index contributed by atoms with van der Waals surface area (Å²) in [6, 6.07) is 12.6. The molecule has 0 fully saturated rings. The summed E-state index contributed by atoms with van der Waals surface area (Å²) in [6.45, 7) is 5.04. The number of carbonyl (C=O) groups is 2. The van der Waals surface area contributed by atoms with Crippen LogP contribution in [0.15, 0.2) is 48.5 Å². The summed E-state index contributed by atoms with van der Waals surface area (Å²) in [7, 11) is 1.40. The number of benzene rings is 2. The Hall–Kier alpha value is -2.89. The standard InChI is InChI=1S/C20H20FNO4/c1-19(2,3)26-18(24)22-15-11-7-5-9-13(15)20(21,17(22)23)14-10-6-8-12-16(14)25-4/h5-12H,1-4H3. The minimum absolute atomic E-state index is 0.0472. The van der Waals surface area contributed by atoms with Crippen molar-refractivity contribution in [3.8, 4) is 5.75 Å². The maximum absolute atomic E-state index is 16.2. The summed E-state index contributed by atoms with van der Waals surface area (Å²) in [6.07, 6.45) is -0.913. The lowest BCUT2D eigenvalue weighted by Crippen LogP contribution is -2.44. The van der Waals surface area contributed by atoms with Crippen LogP contribution in [0.2, 0.25) is 0 Å². The zero-order valence-electron chi connectivity index (χ0n) is 15.1. The van der Waals surface area contributed by atoms with E-state index in [1.807, 2.05) is 0 Å². The summed E-state index contributed by atoms with van der Waals surface area (Å²) in [4.78, 5) is 26.4. The van der Waals surface area contributed by atoms with Gasteiger partial charge in [-0.05, 0) is 32.9 Å². The minimum atomic E-state index is -2.54. The molecule has 26 heavy (non-hydrogen) atoms. The molecule has 2 aromatic carbocycles. The molecule has 0 N–H and O–H groups in total. The maximum Gasteiger partial charge on any atom is 0.421 e. The predicted octanol–water partition coefficient (Wildman–Crippen LogP) is 4.19. The van der Waals surface area contributed by atoms with Crippen molar-refractivity contribution in [2.45, 2.75) is 32.0 Å². The van der Waals surface area contributed by atoms with E-state index in [1.165, 1.54) is 25.3 Å². The zero-order valence-corrected chi connectivity index (χ0v) is 15.1. The Morgan fingerprint density at radius 1 is 1.04 bits per heavy atom. The normalized spacial score (nSPS) is 19.3. The lowest BCUT2D eigenvalue weighted by molar-refractivity contribution is -0.126. The highest BCUT2D eigenvalue weighted by molar-refractivity contribution is 6.21. The molecule has 0 saturated carbocycles. The number of nitrogens with zero attached hydrogens (tertiary/aromatic N) is 1. The van der Waals surface area contributed by atoms with Gasteiger partial charge in [0.2, 0.25) is 5.67 Å². The van der Waals surface area contributed by atoms with Gasteiger partial charge in [0, 0.05) is 11.1 Å². The van der Waals surface area contributed by atoms with E-state index >= 15 is 4.39 Å². The molecular weight excluding hydrogens is 337 g/mol. The number of amides is 2. The molecule has 1 atom stereocenters. The van der Waals surface area contributed by atoms with Crippen molar-refractivity contribution in [1.29, 1.82) is 0 Å². The van der Waals surface area contributed by atoms with Crippen molar-refractivity contribution in [3.63, 3.8) is 0 Å². The fourth-order valence-corrected chi connectivity index (χ4v) is 3.02. The van der Waals surface area contributed by atoms with Crippen LogP contribution in [0.4, 0.5) is 14.9 Å². The second-order valence-electron chi connectivity index (χ2n) is 7.00. The molecule has 5 nitrogen and oxygen atoms in total. The van der Waals surface area contributed by atoms with Gasteiger partial charge in [0.05, 0.1) is 12.8 Å². The Balaban J connectivity index is 2.17. The number of anilines is 1. The number of methoxy groups -OCH3 is 1. The molecule has 1 aliphatic heterocycles. The van der Waals surface area contributed by atoms with Crippen LogP contribution in [0.25, 0.3) is 0 Å². The first-order valence-corrected chi connectivity index (χ1v) is 8.19. The highest BCUT2D eigenvalue weighted by Gasteiger charge is 2.57. The molecule has 0 aromatic heterocycles. The van der Waals surface area contributed by atoms with Crippen LogP contribution in [0.3, 0.4) is 0 Å². The molecule has 3 rings (SSSR count). The number of rotatable bonds is 2. The quantitative estimate of drug-likeness (QED) is 0.809. The fourth-order valence-electron chi connectivity index (χ4n) is 3.02. The average molecular weight is 357 g/mol. The molecule has 1 aliphatic rings. The molecule has 1 heterocycles. The van der Waals surface area contributed by atoms with Crippen LogP contribution in [-0.4, -0.2) is 24.7 Å². The van der Waals surface area contributed by atoms with Crippen molar-refractivity contribution in [3.05, 3.63) is 59.7 Å². The van der Waals surface area contributed by atoms with Gasteiger partial charge in [-0.15, -0.1) is 0 Å². The SMILES string of the molecule is COc1ccccc1C1(F)C(=O)N(C(=O)OC(C)(C)C)c2ccccc21. The van der Waals surface area contributed by atoms with Crippen LogP contribution in [0.5, 0.6) is 5.75 Å². The van der Waals surface area contributed by atoms with E-state index < -0.39 is 23.3 Å². The molecule has 2 aromatic rings. The number of fused-ring (bicyclic) bond motifs is 1. The molecule has 0 bridgehead atoms. The molecule has 6 heteroatoms. The minimum Gasteiger partial charge on any atom is -0.496 e. The lowest BCUT2D eigenvalue weighted by Gasteiger charge is -2.25. The molecule has 1 unspecified atom stereocenters. The van der Waals surface area contributed by atoms with Crippen molar-refractivity contribution in [2.75, 3.05) is 12.0 Å². The van der Waals surface area contributed by atoms with Gasteiger partial charge in [0.25, 0.3) is 5.91 Å². The summed E-state index contributed by atoms with van der Waals surface area (Å²) in [5, 5.41) is 0. The van der Waals surface area contributed by atoms with E-state index in [9.17, 15) is 9.59 Å². The zero-order chi connectivity index (χ0) is 19.1. The smallest absolute Gasteiger partial charge is 0.421 e. The summed E-state index contributed by atoms with van der Waals surface area (Å²) >= 11 is 0. The number of carbonyl (C=O) groups excluding carboxylic acids is 2. The fraction of sp³-hybridized carbons (Fsp3) is 0.300. The first-order chi connectivity index (χ1) is 12.2. The Labute approximate surface area is 151 Å². The first-order valence-electron chi connectivity index (χ1n) is 8.19.